The number of aryl methyl sites for hydroxylation is 1. The third-order valence-corrected chi connectivity index (χ3v) is 2.99. The second-order valence-corrected chi connectivity index (χ2v) is 4.09. The Labute approximate surface area is 99.9 Å². The molecular formula is C11H17N3O3. The lowest BCUT2D eigenvalue weighted by Crippen LogP contribution is -2.36. The first kappa shape index (κ1) is 12.0. The lowest BCUT2D eigenvalue weighted by molar-refractivity contribution is -0.146. The molecule has 1 saturated heterocycles. The van der Waals surface area contributed by atoms with E-state index < -0.39 is 0 Å². The Hall–Kier alpha value is -1.43. The van der Waals surface area contributed by atoms with Crippen molar-refractivity contribution in [3.05, 3.63) is 11.8 Å². The van der Waals surface area contributed by atoms with Crippen LogP contribution in [0.5, 0.6) is 0 Å². The number of hydrogen-bond donors (Lipinski definition) is 0. The van der Waals surface area contributed by atoms with Gasteiger partial charge in [-0.05, 0) is 19.4 Å². The molecule has 0 radical (unpaired) electrons. The molecule has 0 N–H and O–H groups in total. The average molecular weight is 239 g/mol. The molecule has 1 aromatic rings. The molecule has 6 heteroatoms. The van der Waals surface area contributed by atoms with Gasteiger partial charge >= 0.3 is 5.97 Å². The fourth-order valence-electron chi connectivity index (χ4n) is 2.09. The molecule has 1 aliphatic rings. The number of esters is 1. The fourth-order valence-corrected chi connectivity index (χ4v) is 2.09. The maximum absolute atomic E-state index is 11.5. The van der Waals surface area contributed by atoms with Gasteiger partial charge in [-0.25, -0.2) is 0 Å². The lowest BCUT2D eigenvalue weighted by Gasteiger charge is -2.20. The molecule has 0 amide bonds. The molecule has 1 atom stereocenters. The Morgan fingerprint density at radius 2 is 2.29 bits per heavy atom. The first-order valence-corrected chi connectivity index (χ1v) is 5.87. The van der Waals surface area contributed by atoms with Gasteiger partial charge in [-0.2, -0.15) is 0 Å². The van der Waals surface area contributed by atoms with Gasteiger partial charge in [0.05, 0.1) is 13.7 Å². The van der Waals surface area contributed by atoms with E-state index in [9.17, 15) is 4.79 Å². The summed E-state index contributed by atoms with van der Waals surface area (Å²) in [6.45, 7) is 3.35. The second kappa shape index (κ2) is 5.27. The number of likely N-dealkylation sites (tertiary alicyclic amines) is 1. The van der Waals surface area contributed by atoms with Crippen molar-refractivity contribution in [2.24, 2.45) is 0 Å². The number of aromatic nitrogens is 2. The molecule has 0 bridgehead atoms. The van der Waals surface area contributed by atoms with Crippen LogP contribution in [0, 0.1) is 0 Å². The predicted octanol–water partition coefficient (Wildman–Crippen LogP) is 0.769. The Morgan fingerprint density at radius 1 is 1.53 bits per heavy atom. The molecule has 1 aliphatic heterocycles. The Balaban J connectivity index is 2.00. The normalized spacial score (nSPS) is 20.7. The van der Waals surface area contributed by atoms with Gasteiger partial charge in [0, 0.05) is 6.42 Å². The molecule has 94 valence electrons. The van der Waals surface area contributed by atoms with E-state index in [-0.39, 0.29) is 12.0 Å². The van der Waals surface area contributed by atoms with Gasteiger partial charge in [0.1, 0.15) is 6.04 Å². The van der Waals surface area contributed by atoms with Crippen LogP contribution in [0.3, 0.4) is 0 Å². The summed E-state index contributed by atoms with van der Waals surface area (Å²) in [4.78, 5) is 13.6. The Morgan fingerprint density at radius 3 is 2.94 bits per heavy atom. The summed E-state index contributed by atoms with van der Waals surface area (Å²) in [6.07, 6.45) is 2.56. The predicted molar refractivity (Wildman–Crippen MR) is 59.1 cm³/mol. The maximum atomic E-state index is 11.5. The number of ether oxygens (including phenoxy) is 1. The molecule has 0 aromatic carbocycles. The minimum Gasteiger partial charge on any atom is -0.468 e. The van der Waals surface area contributed by atoms with Crippen LogP contribution < -0.4 is 0 Å². The van der Waals surface area contributed by atoms with Gasteiger partial charge in [-0.15, -0.1) is 10.2 Å². The third kappa shape index (κ3) is 2.63. The van der Waals surface area contributed by atoms with Gasteiger partial charge in [0.15, 0.2) is 0 Å². The summed E-state index contributed by atoms with van der Waals surface area (Å²) >= 11 is 0. The van der Waals surface area contributed by atoms with E-state index >= 15 is 0 Å². The molecule has 2 heterocycles. The average Bonchev–Trinajstić information content (AvgIpc) is 2.97. The highest BCUT2D eigenvalue weighted by molar-refractivity contribution is 5.75. The molecular weight excluding hydrogens is 222 g/mol. The van der Waals surface area contributed by atoms with Crippen molar-refractivity contribution in [2.45, 2.75) is 38.8 Å². The largest absolute Gasteiger partial charge is 0.468 e. The number of hydrogen-bond acceptors (Lipinski definition) is 6. The van der Waals surface area contributed by atoms with Crippen LogP contribution in [-0.4, -0.2) is 40.8 Å². The summed E-state index contributed by atoms with van der Waals surface area (Å²) < 4.78 is 10.2. The molecule has 17 heavy (non-hydrogen) atoms. The van der Waals surface area contributed by atoms with E-state index in [0.717, 1.165) is 25.8 Å². The van der Waals surface area contributed by atoms with Crippen LogP contribution in [0.15, 0.2) is 4.42 Å². The van der Waals surface area contributed by atoms with E-state index in [0.29, 0.717) is 18.3 Å². The highest BCUT2D eigenvalue weighted by Gasteiger charge is 2.32. The van der Waals surface area contributed by atoms with Crippen molar-refractivity contribution in [1.29, 1.82) is 0 Å². The minimum atomic E-state index is -0.183. The van der Waals surface area contributed by atoms with E-state index in [2.05, 4.69) is 10.2 Å². The summed E-state index contributed by atoms with van der Waals surface area (Å²) in [6, 6.07) is -0.169. The van der Waals surface area contributed by atoms with Crippen LogP contribution in [0.4, 0.5) is 0 Å². The number of carbonyl (C=O) groups is 1. The highest BCUT2D eigenvalue weighted by Crippen LogP contribution is 2.20. The molecule has 1 aromatic heterocycles. The number of nitrogens with zero attached hydrogens (tertiary/aromatic N) is 3. The van der Waals surface area contributed by atoms with Crippen LogP contribution >= 0.6 is 0 Å². The number of carbonyl (C=O) groups excluding carboxylic acids is 1. The molecule has 6 nitrogen and oxygen atoms in total. The molecule has 0 saturated carbocycles. The van der Waals surface area contributed by atoms with Gasteiger partial charge < -0.3 is 9.15 Å². The van der Waals surface area contributed by atoms with Gasteiger partial charge in [0.2, 0.25) is 11.8 Å². The summed E-state index contributed by atoms with van der Waals surface area (Å²) in [5.74, 6) is 1.02. The quantitative estimate of drug-likeness (QED) is 0.723. The van der Waals surface area contributed by atoms with Crippen LogP contribution in [0.25, 0.3) is 0 Å². The fraction of sp³-hybridized carbons (Fsp3) is 0.727. The van der Waals surface area contributed by atoms with Gasteiger partial charge in [-0.1, -0.05) is 6.92 Å². The SMILES string of the molecule is CCc1nnc(CN2CCCC2C(=O)OC)o1. The third-order valence-electron chi connectivity index (χ3n) is 2.99. The van der Waals surface area contributed by atoms with E-state index in [1.807, 2.05) is 11.8 Å². The zero-order valence-corrected chi connectivity index (χ0v) is 10.2. The minimum absolute atomic E-state index is 0.169. The van der Waals surface area contributed by atoms with E-state index in [1.54, 1.807) is 0 Å². The Bertz CT molecular complexity index is 391. The summed E-state index contributed by atoms with van der Waals surface area (Å²) in [5.41, 5.74) is 0. The monoisotopic (exact) mass is 239 g/mol. The molecule has 0 aliphatic carbocycles. The number of methoxy groups -OCH3 is 1. The van der Waals surface area contributed by atoms with Crippen LogP contribution in [-0.2, 0) is 22.5 Å². The molecule has 1 unspecified atom stereocenters. The first-order valence-electron chi connectivity index (χ1n) is 5.87. The zero-order valence-electron chi connectivity index (χ0n) is 10.2. The van der Waals surface area contributed by atoms with Gasteiger partial charge in [0.25, 0.3) is 0 Å². The van der Waals surface area contributed by atoms with Gasteiger partial charge in [-0.3, -0.25) is 9.69 Å². The summed E-state index contributed by atoms with van der Waals surface area (Å²) in [5, 5.41) is 7.87. The van der Waals surface area contributed by atoms with Crippen molar-refractivity contribution in [2.75, 3.05) is 13.7 Å². The van der Waals surface area contributed by atoms with E-state index in [1.165, 1.54) is 7.11 Å². The second-order valence-electron chi connectivity index (χ2n) is 4.09. The lowest BCUT2D eigenvalue weighted by atomic mass is 10.2. The zero-order chi connectivity index (χ0) is 12.3. The van der Waals surface area contributed by atoms with Crippen molar-refractivity contribution in [3.8, 4) is 0 Å². The topological polar surface area (TPSA) is 68.5 Å². The number of rotatable bonds is 4. The molecule has 2 rings (SSSR count). The van der Waals surface area contributed by atoms with Crippen LogP contribution in [0.1, 0.15) is 31.5 Å². The highest BCUT2D eigenvalue weighted by atomic mass is 16.5. The van der Waals surface area contributed by atoms with Crippen molar-refractivity contribution in [3.63, 3.8) is 0 Å². The summed E-state index contributed by atoms with van der Waals surface area (Å²) in [7, 11) is 1.42. The molecule has 0 spiro atoms. The standard InChI is InChI=1S/C11H17N3O3/c1-3-9-12-13-10(17-9)7-14-6-4-5-8(14)11(15)16-2/h8H,3-7H2,1-2H3. The van der Waals surface area contributed by atoms with Crippen molar-refractivity contribution in [1.82, 2.24) is 15.1 Å². The van der Waals surface area contributed by atoms with E-state index in [4.69, 9.17) is 9.15 Å². The maximum Gasteiger partial charge on any atom is 0.323 e. The first-order chi connectivity index (χ1) is 8.24. The van der Waals surface area contributed by atoms with Crippen LogP contribution in [0.2, 0.25) is 0 Å². The van der Waals surface area contributed by atoms with Crippen molar-refractivity contribution < 1.29 is 13.9 Å². The smallest absolute Gasteiger partial charge is 0.323 e. The Kier molecular flexibility index (Phi) is 3.73. The van der Waals surface area contributed by atoms with Crippen molar-refractivity contribution >= 4 is 5.97 Å². The molecule has 1 fully saturated rings.